The maximum Gasteiger partial charge on any atom is 0.392 e. The molecule has 1 rings (SSSR count). The number of alkyl halides is 3. The molecule has 74 valence electrons. The predicted octanol–water partition coefficient (Wildman–Crippen LogP) is 3.03. The minimum absolute atomic E-state index is 0.649. The van der Waals surface area contributed by atoms with Gasteiger partial charge in [0, 0.05) is 0 Å². The minimum Gasteiger partial charge on any atom is -0.196 e. The summed E-state index contributed by atoms with van der Waals surface area (Å²) < 4.78 is 35.0. The Hall–Kier alpha value is -0.0200. The number of hydrogen-bond acceptors (Lipinski definition) is 3. The van der Waals surface area contributed by atoms with E-state index < -0.39 is 16.7 Å². The molecule has 0 aromatic heterocycles. The van der Waals surface area contributed by atoms with E-state index in [0.29, 0.717) is 11.5 Å². The fourth-order valence-corrected chi connectivity index (χ4v) is 3.96. The number of nitrogens with zero attached hydrogens (tertiary/aromatic N) is 1. The Labute approximate surface area is 83.1 Å². The second kappa shape index (κ2) is 4.01. The average molecular weight is 227 g/mol. The van der Waals surface area contributed by atoms with E-state index >= 15 is 0 Å². The van der Waals surface area contributed by atoms with Crippen molar-refractivity contribution in [3.05, 3.63) is 0 Å². The molecule has 0 aromatic rings. The molecule has 1 heterocycles. The highest BCUT2D eigenvalue weighted by Gasteiger charge is 2.44. The normalized spacial score (nSPS) is 22.3. The standard InChI is InChI=1S/C7H8F3NS2/c8-7(9,10)4-6(5-11)12-2-1-3-13-6/h1-4H2. The zero-order chi connectivity index (χ0) is 9.95. The maximum absolute atomic E-state index is 12.1. The SMILES string of the molecule is N#CC1(CC(F)(F)F)SCCCS1. The van der Waals surface area contributed by atoms with Crippen molar-refractivity contribution in [1.29, 1.82) is 5.26 Å². The third-order valence-electron chi connectivity index (χ3n) is 1.56. The summed E-state index contributed by atoms with van der Waals surface area (Å²) >= 11 is 2.24. The van der Waals surface area contributed by atoms with Crippen molar-refractivity contribution in [3.63, 3.8) is 0 Å². The van der Waals surface area contributed by atoms with Crippen LogP contribution in [-0.2, 0) is 0 Å². The van der Waals surface area contributed by atoms with Gasteiger partial charge in [-0.3, -0.25) is 0 Å². The van der Waals surface area contributed by atoms with E-state index in [4.69, 9.17) is 5.26 Å². The molecule has 1 fully saturated rings. The van der Waals surface area contributed by atoms with E-state index in [1.54, 1.807) is 6.07 Å². The van der Waals surface area contributed by atoms with Crippen LogP contribution in [0.15, 0.2) is 0 Å². The Balaban J connectivity index is 2.65. The summed E-state index contributed by atoms with van der Waals surface area (Å²) in [6.45, 7) is 0. The highest BCUT2D eigenvalue weighted by atomic mass is 32.2. The van der Waals surface area contributed by atoms with Gasteiger partial charge in [-0.15, -0.1) is 23.5 Å². The summed E-state index contributed by atoms with van der Waals surface area (Å²) in [4.78, 5) is 0. The van der Waals surface area contributed by atoms with E-state index in [1.807, 2.05) is 0 Å². The Kier molecular flexibility index (Phi) is 3.41. The number of rotatable bonds is 1. The lowest BCUT2D eigenvalue weighted by Gasteiger charge is -2.29. The summed E-state index contributed by atoms with van der Waals surface area (Å²) in [6, 6.07) is 1.78. The Bertz CT molecular complexity index is 215. The molecule has 0 bridgehead atoms. The van der Waals surface area contributed by atoms with Crippen molar-refractivity contribution in [2.24, 2.45) is 0 Å². The van der Waals surface area contributed by atoms with Crippen LogP contribution < -0.4 is 0 Å². The molecule has 0 amide bonds. The predicted molar refractivity (Wildman–Crippen MR) is 48.5 cm³/mol. The van der Waals surface area contributed by atoms with Crippen molar-refractivity contribution in [3.8, 4) is 6.07 Å². The molecular formula is C7H8F3NS2. The van der Waals surface area contributed by atoms with Crippen LogP contribution in [0.5, 0.6) is 0 Å². The van der Waals surface area contributed by atoms with Gasteiger partial charge >= 0.3 is 6.18 Å². The molecule has 13 heavy (non-hydrogen) atoms. The molecule has 1 aliphatic heterocycles. The van der Waals surface area contributed by atoms with E-state index in [2.05, 4.69) is 0 Å². The van der Waals surface area contributed by atoms with Crippen LogP contribution in [0.25, 0.3) is 0 Å². The van der Waals surface area contributed by atoms with Crippen LogP contribution in [-0.4, -0.2) is 21.8 Å². The first-order chi connectivity index (χ1) is 5.97. The quantitative estimate of drug-likeness (QED) is 0.688. The molecular weight excluding hydrogens is 219 g/mol. The molecule has 0 saturated carbocycles. The molecule has 0 atom stereocenters. The lowest BCUT2D eigenvalue weighted by atomic mass is 10.3. The molecule has 1 aliphatic rings. The van der Waals surface area contributed by atoms with Gasteiger partial charge in [0.2, 0.25) is 0 Å². The zero-order valence-corrected chi connectivity index (χ0v) is 8.36. The van der Waals surface area contributed by atoms with Gasteiger partial charge in [0.1, 0.15) is 0 Å². The lowest BCUT2D eigenvalue weighted by molar-refractivity contribution is -0.133. The second-order valence-electron chi connectivity index (χ2n) is 2.71. The van der Waals surface area contributed by atoms with Crippen LogP contribution in [0.1, 0.15) is 12.8 Å². The first kappa shape index (κ1) is 11.1. The van der Waals surface area contributed by atoms with Crippen LogP contribution >= 0.6 is 23.5 Å². The van der Waals surface area contributed by atoms with E-state index in [9.17, 15) is 13.2 Å². The molecule has 0 spiro atoms. The number of hydrogen-bond donors (Lipinski definition) is 0. The second-order valence-corrected chi connectivity index (χ2v) is 5.75. The Morgan fingerprint density at radius 1 is 1.31 bits per heavy atom. The molecule has 0 aliphatic carbocycles. The number of halogens is 3. The lowest BCUT2D eigenvalue weighted by Crippen LogP contribution is -2.29. The monoisotopic (exact) mass is 227 g/mol. The molecule has 1 saturated heterocycles. The average Bonchev–Trinajstić information content (AvgIpc) is 2.03. The van der Waals surface area contributed by atoms with Crippen molar-refractivity contribution in [2.45, 2.75) is 23.1 Å². The zero-order valence-electron chi connectivity index (χ0n) is 6.73. The van der Waals surface area contributed by atoms with E-state index in [1.165, 1.54) is 0 Å². The fraction of sp³-hybridized carbons (Fsp3) is 0.857. The summed E-state index contributed by atoms with van der Waals surface area (Å²) in [6.07, 6.45) is -4.37. The molecule has 0 unspecified atom stereocenters. The maximum atomic E-state index is 12.1. The summed E-state index contributed by atoms with van der Waals surface area (Å²) in [5.41, 5.74) is 0. The molecule has 0 radical (unpaired) electrons. The van der Waals surface area contributed by atoms with Gasteiger partial charge in [0.05, 0.1) is 12.5 Å². The Morgan fingerprint density at radius 2 is 1.85 bits per heavy atom. The third kappa shape index (κ3) is 3.31. The van der Waals surface area contributed by atoms with Crippen molar-refractivity contribution in [2.75, 3.05) is 11.5 Å². The van der Waals surface area contributed by atoms with Gasteiger partial charge in [-0.2, -0.15) is 18.4 Å². The van der Waals surface area contributed by atoms with E-state index in [0.717, 1.165) is 29.9 Å². The van der Waals surface area contributed by atoms with E-state index in [-0.39, 0.29) is 0 Å². The Morgan fingerprint density at radius 3 is 2.23 bits per heavy atom. The largest absolute Gasteiger partial charge is 0.392 e. The minimum atomic E-state index is -4.24. The molecule has 6 heteroatoms. The molecule has 0 N–H and O–H groups in total. The number of thioether (sulfide) groups is 2. The fourth-order valence-electron chi connectivity index (χ4n) is 1.04. The van der Waals surface area contributed by atoms with Crippen LogP contribution in [0, 0.1) is 11.3 Å². The highest BCUT2D eigenvalue weighted by Crippen LogP contribution is 2.48. The first-order valence-corrected chi connectivity index (χ1v) is 5.70. The topological polar surface area (TPSA) is 23.8 Å². The van der Waals surface area contributed by atoms with Gasteiger partial charge in [0.25, 0.3) is 0 Å². The highest BCUT2D eigenvalue weighted by molar-refractivity contribution is 8.19. The summed E-state index contributed by atoms with van der Waals surface area (Å²) in [7, 11) is 0. The van der Waals surface area contributed by atoms with Crippen molar-refractivity contribution in [1.82, 2.24) is 0 Å². The summed E-state index contributed by atoms with van der Waals surface area (Å²) in [5, 5.41) is 8.71. The first-order valence-electron chi connectivity index (χ1n) is 3.73. The molecule has 0 aromatic carbocycles. The van der Waals surface area contributed by atoms with Gasteiger partial charge < -0.3 is 0 Å². The number of nitriles is 1. The van der Waals surface area contributed by atoms with Crippen LogP contribution in [0.3, 0.4) is 0 Å². The molecule has 1 nitrogen and oxygen atoms in total. The van der Waals surface area contributed by atoms with Crippen molar-refractivity contribution < 1.29 is 13.2 Å². The van der Waals surface area contributed by atoms with Gasteiger partial charge in [0.15, 0.2) is 4.08 Å². The van der Waals surface area contributed by atoms with Gasteiger partial charge in [-0.05, 0) is 17.9 Å². The van der Waals surface area contributed by atoms with Crippen LogP contribution in [0.4, 0.5) is 13.2 Å². The smallest absolute Gasteiger partial charge is 0.196 e. The summed E-state index contributed by atoms with van der Waals surface area (Å²) in [5.74, 6) is 1.30. The van der Waals surface area contributed by atoms with Gasteiger partial charge in [-0.1, -0.05) is 0 Å². The van der Waals surface area contributed by atoms with Crippen molar-refractivity contribution >= 4 is 23.5 Å². The van der Waals surface area contributed by atoms with Gasteiger partial charge in [-0.25, -0.2) is 0 Å². The van der Waals surface area contributed by atoms with Crippen LogP contribution in [0.2, 0.25) is 0 Å². The third-order valence-corrected chi connectivity index (χ3v) is 4.66.